The number of anilines is 2. The SMILES string of the molecule is C[S+](O)CCCOc1cc(N2CCN(CCn3c(=O)sc4c3nc(N)n3nc(-c5ccco5)nc43)CC2)c(F)cc1F. The molecule has 12 nitrogen and oxygen atoms in total. The Labute approximate surface area is 245 Å². The van der Waals surface area contributed by atoms with E-state index in [1.807, 2.05) is 4.90 Å². The fourth-order valence-electron chi connectivity index (χ4n) is 4.91. The third-order valence-electron chi connectivity index (χ3n) is 7.05. The summed E-state index contributed by atoms with van der Waals surface area (Å²) in [6.45, 7) is 3.47. The highest BCUT2D eigenvalue weighted by atomic mass is 32.2. The van der Waals surface area contributed by atoms with Crippen LogP contribution in [0.5, 0.6) is 5.75 Å². The molecular formula is C26H29F2N8O4S2+. The van der Waals surface area contributed by atoms with Crippen molar-refractivity contribution in [2.45, 2.75) is 13.0 Å². The number of thiazole rings is 1. The van der Waals surface area contributed by atoms with E-state index in [4.69, 9.17) is 14.9 Å². The summed E-state index contributed by atoms with van der Waals surface area (Å²) in [4.78, 5) is 25.8. The quantitative estimate of drug-likeness (QED) is 0.177. The number of ether oxygens (including phenoxy) is 1. The van der Waals surface area contributed by atoms with Gasteiger partial charge in [0.25, 0.3) is 0 Å². The number of piperazine rings is 1. The number of furan rings is 1. The Morgan fingerprint density at radius 2 is 1.95 bits per heavy atom. The average Bonchev–Trinajstić information content (AvgIpc) is 3.71. The number of hydrogen-bond donors (Lipinski definition) is 2. The number of nitrogen functional groups attached to an aromatic ring is 1. The molecule has 1 aliphatic rings. The maximum atomic E-state index is 14.7. The maximum absolute atomic E-state index is 14.7. The number of fused-ring (bicyclic) bond motifs is 3. The third-order valence-corrected chi connectivity index (χ3v) is 8.90. The molecule has 0 radical (unpaired) electrons. The fraction of sp³-hybridized carbons (Fsp3) is 0.385. The molecule has 1 aliphatic heterocycles. The molecular weight excluding hydrogens is 590 g/mol. The number of aromatic nitrogens is 5. The summed E-state index contributed by atoms with van der Waals surface area (Å²) in [5, 5.41) is 4.38. The van der Waals surface area contributed by atoms with E-state index >= 15 is 0 Å². The zero-order chi connectivity index (χ0) is 29.4. The number of hydrogen-bond acceptors (Lipinski definition) is 11. The lowest BCUT2D eigenvalue weighted by molar-refractivity contribution is 0.247. The van der Waals surface area contributed by atoms with Crippen molar-refractivity contribution in [1.82, 2.24) is 29.0 Å². The second-order valence-corrected chi connectivity index (χ2v) is 12.4. The molecule has 0 amide bonds. The van der Waals surface area contributed by atoms with Gasteiger partial charge < -0.3 is 19.8 Å². The molecule has 1 unspecified atom stereocenters. The number of halogens is 2. The molecule has 42 heavy (non-hydrogen) atoms. The summed E-state index contributed by atoms with van der Waals surface area (Å²) >= 11 is 0.327. The van der Waals surface area contributed by atoms with Crippen LogP contribution in [0.2, 0.25) is 0 Å². The van der Waals surface area contributed by atoms with E-state index in [1.165, 1.54) is 16.8 Å². The molecule has 4 aromatic heterocycles. The van der Waals surface area contributed by atoms with Gasteiger partial charge in [-0.05, 0) is 12.1 Å². The van der Waals surface area contributed by atoms with Crippen molar-refractivity contribution in [2.24, 2.45) is 0 Å². The van der Waals surface area contributed by atoms with Crippen LogP contribution in [-0.2, 0) is 17.7 Å². The Bertz CT molecular complexity index is 1760. The van der Waals surface area contributed by atoms with Gasteiger partial charge in [0.15, 0.2) is 28.6 Å². The van der Waals surface area contributed by atoms with Crippen molar-refractivity contribution in [3.05, 3.63) is 51.8 Å². The van der Waals surface area contributed by atoms with E-state index in [-0.39, 0.29) is 28.9 Å². The molecule has 1 aromatic carbocycles. The molecule has 1 atom stereocenters. The highest BCUT2D eigenvalue weighted by Crippen LogP contribution is 2.30. The van der Waals surface area contributed by atoms with E-state index in [0.717, 1.165) is 17.4 Å². The minimum Gasteiger partial charge on any atom is -0.490 e. The molecule has 0 bridgehead atoms. The molecule has 0 saturated carbocycles. The summed E-state index contributed by atoms with van der Waals surface area (Å²) in [6.07, 6.45) is 3.80. The van der Waals surface area contributed by atoms with Crippen LogP contribution in [-0.4, -0.2) is 84.9 Å². The monoisotopic (exact) mass is 619 g/mol. The van der Waals surface area contributed by atoms with Crippen molar-refractivity contribution in [3.63, 3.8) is 0 Å². The van der Waals surface area contributed by atoms with Crippen LogP contribution >= 0.6 is 11.3 Å². The van der Waals surface area contributed by atoms with Crippen molar-refractivity contribution >= 4 is 50.1 Å². The van der Waals surface area contributed by atoms with Crippen LogP contribution in [0.15, 0.2) is 39.7 Å². The molecule has 6 rings (SSSR count). The second-order valence-electron chi connectivity index (χ2n) is 9.86. The number of nitrogens with two attached hydrogens (primary N) is 1. The zero-order valence-corrected chi connectivity index (χ0v) is 24.3. The highest BCUT2D eigenvalue weighted by molar-refractivity contribution is 7.90. The first-order chi connectivity index (χ1) is 20.3. The topological polar surface area (TPSA) is 140 Å². The van der Waals surface area contributed by atoms with Gasteiger partial charge in [-0.2, -0.15) is 14.1 Å². The molecule has 0 aliphatic carbocycles. The zero-order valence-electron chi connectivity index (χ0n) is 22.7. The van der Waals surface area contributed by atoms with Gasteiger partial charge in [-0.3, -0.25) is 14.3 Å². The lowest BCUT2D eigenvalue weighted by atomic mass is 10.2. The normalized spacial score (nSPS) is 15.2. The summed E-state index contributed by atoms with van der Waals surface area (Å²) in [5.41, 5.74) is 7.34. The maximum Gasteiger partial charge on any atom is 0.309 e. The van der Waals surface area contributed by atoms with Crippen LogP contribution in [0.25, 0.3) is 27.6 Å². The molecule has 222 valence electrons. The van der Waals surface area contributed by atoms with E-state index in [1.54, 1.807) is 23.0 Å². The smallest absolute Gasteiger partial charge is 0.309 e. The summed E-state index contributed by atoms with van der Waals surface area (Å²) in [7, 11) is 0. The van der Waals surface area contributed by atoms with Crippen LogP contribution in [0.4, 0.5) is 20.4 Å². The fourth-order valence-corrected chi connectivity index (χ4v) is 6.38. The van der Waals surface area contributed by atoms with Gasteiger partial charge in [0.2, 0.25) is 11.8 Å². The summed E-state index contributed by atoms with van der Waals surface area (Å²) in [6, 6.07) is 5.73. The number of benzene rings is 1. The van der Waals surface area contributed by atoms with Gasteiger partial charge in [0.1, 0.15) is 33.7 Å². The van der Waals surface area contributed by atoms with E-state index in [0.29, 0.717) is 79.0 Å². The Kier molecular flexibility index (Phi) is 8.02. The number of nitrogens with zero attached hydrogens (tertiary/aromatic N) is 7. The first-order valence-corrected chi connectivity index (χ1v) is 15.9. The lowest BCUT2D eigenvalue weighted by Crippen LogP contribution is -2.47. The number of rotatable bonds is 10. The van der Waals surface area contributed by atoms with E-state index in [2.05, 4.69) is 20.0 Å². The van der Waals surface area contributed by atoms with Crippen molar-refractivity contribution < 1.29 is 22.5 Å². The molecule has 1 fully saturated rings. The lowest BCUT2D eigenvalue weighted by Gasteiger charge is -2.36. The Morgan fingerprint density at radius 1 is 1.14 bits per heavy atom. The average molecular weight is 620 g/mol. The minimum absolute atomic E-state index is 0.00342. The predicted molar refractivity (Wildman–Crippen MR) is 158 cm³/mol. The van der Waals surface area contributed by atoms with Crippen LogP contribution < -0.4 is 20.2 Å². The largest absolute Gasteiger partial charge is 0.490 e. The predicted octanol–water partition coefficient (Wildman–Crippen LogP) is 2.93. The Hall–Kier alpha value is -3.73. The van der Waals surface area contributed by atoms with Gasteiger partial charge in [-0.1, -0.05) is 11.3 Å². The molecule has 1 saturated heterocycles. The Morgan fingerprint density at radius 3 is 2.69 bits per heavy atom. The second kappa shape index (κ2) is 11.9. The van der Waals surface area contributed by atoms with Crippen molar-refractivity contribution in [3.8, 4) is 17.3 Å². The van der Waals surface area contributed by atoms with Crippen LogP contribution in [0.3, 0.4) is 0 Å². The van der Waals surface area contributed by atoms with E-state index < -0.39 is 22.8 Å². The van der Waals surface area contributed by atoms with Gasteiger partial charge >= 0.3 is 4.87 Å². The molecule has 0 spiro atoms. The third kappa shape index (κ3) is 5.66. The summed E-state index contributed by atoms with van der Waals surface area (Å²) < 4.78 is 52.9. The van der Waals surface area contributed by atoms with Gasteiger partial charge in [0, 0.05) is 57.8 Å². The molecule has 16 heteroatoms. The van der Waals surface area contributed by atoms with Gasteiger partial charge in [0.05, 0.1) is 18.6 Å². The first-order valence-electron chi connectivity index (χ1n) is 13.3. The van der Waals surface area contributed by atoms with Gasteiger partial charge in [-0.25, -0.2) is 13.8 Å². The molecule has 5 aromatic rings. The minimum atomic E-state index is -0.752. The van der Waals surface area contributed by atoms with Crippen molar-refractivity contribution in [2.75, 3.05) is 62.0 Å². The highest BCUT2D eigenvalue weighted by Gasteiger charge is 2.24. The molecule has 5 heterocycles. The standard InChI is InChI=1S/C26H29F2N8O4S2/c1-42(38)13-3-12-40-20-15-18(16(27)14-17(20)28)34-8-5-33(6-9-34)7-10-35-23-21(41-26(35)37)24-30-22(19-4-2-11-39-19)32-36(24)25(29)31-23/h2,4,11,14-15,38H,3,5-10,12-13H2,1H3,(H2,29,31)/q+1. The van der Waals surface area contributed by atoms with E-state index in [9.17, 15) is 18.1 Å². The van der Waals surface area contributed by atoms with Gasteiger partial charge in [-0.15, -0.1) is 5.10 Å². The Balaban J connectivity index is 1.12. The van der Waals surface area contributed by atoms with Crippen molar-refractivity contribution in [1.29, 1.82) is 0 Å². The van der Waals surface area contributed by atoms with Crippen LogP contribution in [0.1, 0.15) is 6.42 Å². The molecule has 3 N–H and O–H groups in total. The first kappa shape index (κ1) is 28.4. The summed E-state index contributed by atoms with van der Waals surface area (Å²) in [5.74, 6) is 0.0960. The van der Waals surface area contributed by atoms with Crippen LogP contribution in [0, 0.1) is 11.6 Å².